The number of hydrogen-bond acceptors (Lipinski definition) is 3. The molecular weight excluding hydrogens is 230 g/mol. The summed E-state index contributed by atoms with van der Waals surface area (Å²) in [5, 5.41) is 0. The highest BCUT2D eigenvalue weighted by molar-refractivity contribution is 5.98. The molecule has 1 aromatic heterocycles. The molecule has 0 spiro atoms. The molecule has 1 heterocycles. The largest absolute Gasteiger partial charge is 0.419 e. The van der Waals surface area contributed by atoms with Crippen molar-refractivity contribution in [1.29, 1.82) is 0 Å². The highest BCUT2D eigenvalue weighted by Crippen LogP contribution is 2.33. The standard InChI is InChI=1S/C14H15NO3/c1-2-15-11-6-5-10(8-13(11)18-14(15)17)12(16)7-9-3-4-9/h5-6,8-9H,2-4,7H2,1H3. The number of hydrogen-bond donors (Lipinski definition) is 0. The van der Waals surface area contributed by atoms with Gasteiger partial charge in [0.05, 0.1) is 5.52 Å². The van der Waals surface area contributed by atoms with Crippen LogP contribution in [0.25, 0.3) is 11.1 Å². The topological polar surface area (TPSA) is 52.2 Å². The Morgan fingerprint density at radius 1 is 1.44 bits per heavy atom. The minimum absolute atomic E-state index is 0.145. The molecule has 0 saturated heterocycles. The van der Waals surface area contributed by atoms with Gasteiger partial charge < -0.3 is 4.42 Å². The second-order valence-electron chi connectivity index (χ2n) is 4.87. The van der Waals surface area contributed by atoms with E-state index in [9.17, 15) is 9.59 Å². The minimum atomic E-state index is -0.362. The van der Waals surface area contributed by atoms with Crippen LogP contribution in [-0.2, 0) is 6.54 Å². The summed E-state index contributed by atoms with van der Waals surface area (Å²) in [4.78, 5) is 23.5. The van der Waals surface area contributed by atoms with E-state index in [1.807, 2.05) is 6.92 Å². The highest BCUT2D eigenvalue weighted by Gasteiger charge is 2.25. The van der Waals surface area contributed by atoms with E-state index in [2.05, 4.69) is 0 Å². The molecule has 1 saturated carbocycles. The van der Waals surface area contributed by atoms with E-state index in [4.69, 9.17) is 4.42 Å². The van der Waals surface area contributed by atoms with Gasteiger partial charge in [0.1, 0.15) is 0 Å². The molecule has 0 N–H and O–H groups in total. The zero-order chi connectivity index (χ0) is 12.7. The maximum atomic E-state index is 12.0. The molecule has 0 aliphatic heterocycles. The molecule has 1 aromatic carbocycles. The average molecular weight is 245 g/mol. The molecule has 0 amide bonds. The summed E-state index contributed by atoms with van der Waals surface area (Å²) in [6, 6.07) is 5.27. The van der Waals surface area contributed by atoms with Crippen molar-refractivity contribution in [2.24, 2.45) is 5.92 Å². The number of nitrogens with zero attached hydrogens (tertiary/aromatic N) is 1. The lowest BCUT2D eigenvalue weighted by Crippen LogP contribution is -2.11. The van der Waals surface area contributed by atoms with E-state index in [0.29, 0.717) is 30.0 Å². The van der Waals surface area contributed by atoms with Crippen LogP contribution in [0.3, 0.4) is 0 Å². The van der Waals surface area contributed by atoms with E-state index >= 15 is 0 Å². The van der Waals surface area contributed by atoms with Gasteiger partial charge in [0, 0.05) is 18.5 Å². The van der Waals surface area contributed by atoms with Gasteiger partial charge in [-0.15, -0.1) is 0 Å². The van der Waals surface area contributed by atoms with Crippen molar-refractivity contribution < 1.29 is 9.21 Å². The maximum absolute atomic E-state index is 12.0. The van der Waals surface area contributed by atoms with Crippen LogP contribution in [0, 0.1) is 5.92 Å². The van der Waals surface area contributed by atoms with Crippen LogP contribution in [0.1, 0.15) is 36.5 Å². The number of ketones is 1. The average Bonchev–Trinajstić information content (AvgIpc) is 3.09. The number of benzene rings is 1. The van der Waals surface area contributed by atoms with Gasteiger partial charge >= 0.3 is 5.76 Å². The third-order valence-electron chi connectivity index (χ3n) is 3.48. The van der Waals surface area contributed by atoms with Crippen molar-refractivity contribution in [2.45, 2.75) is 32.7 Å². The first-order chi connectivity index (χ1) is 8.69. The third-order valence-corrected chi connectivity index (χ3v) is 3.48. The minimum Gasteiger partial charge on any atom is -0.408 e. The van der Waals surface area contributed by atoms with Gasteiger partial charge in [0.25, 0.3) is 0 Å². The van der Waals surface area contributed by atoms with Crippen LogP contribution >= 0.6 is 0 Å². The summed E-state index contributed by atoms with van der Waals surface area (Å²) in [5.74, 6) is 0.353. The van der Waals surface area contributed by atoms with Crippen molar-refractivity contribution in [1.82, 2.24) is 4.57 Å². The molecule has 94 valence electrons. The zero-order valence-electron chi connectivity index (χ0n) is 10.3. The zero-order valence-corrected chi connectivity index (χ0v) is 10.3. The Morgan fingerprint density at radius 2 is 2.22 bits per heavy atom. The predicted molar refractivity (Wildman–Crippen MR) is 67.8 cm³/mol. The van der Waals surface area contributed by atoms with E-state index in [-0.39, 0.29) is 11.5 Å². The molecule has 0 bridgehead atoms. The SMILES string of the molecule is CCn1c(=O)oc2cc(C(=O)CC3CC3)ccc21. The first kappa shape index (κ1) is 11.3. The summed E-state index contributed by atoms with van der Waals surface area (Å²) in [6.45, 7) is 2.46. The summed E-state index contributed by atoms with van der Waals surface area (Å²) >= 11 is 0. The number of aryl methyl sites for hydroxylation is 1. The molecule has 0 unspecified atom stereocenters. The van der Waals surface area contributed by atoms with Crippen molar-refractivity contribution >= 4 is 16.9 Å². The van der Waals surface area contributed by atoms with Crippen LogP contribution in [-0.4, -0.2) is 10.4 Å². The number of fused-ring (bicyclic) bond motifs is 1. The first-order valence-corrected chi connectivity index (χ1v) is 6.35. The molecule has 4 heteroatoms. The molecular formula is C14H15NO3. The molecule has 0 radical (unpaired) electrons. The monoisotopic (exact) mass is 245 g/mol. The predicted octanol–water partition coefficient (Wildman–Crippen LogP) is 2.60. The fraction of sp³-hybridized carbons (Fsp3) is 0.429. The molecule has 1 fully saturated rings. The Balaban J connectivity index is 2.00. The normalized spacial score (nSPS) is 15.2. The van der Waals surface area contributed by atoms with Crippen molar-refractivity contribution in [2.75, 3.05) is 0 Å². The van der Waals surface area contributed by atoms with Crippen LogP contribution in [0.5, 0.6) is 0 Å². The third kappa shape index (κ3) is 1.88. The van der Waals surface area contributed by atoms with Gasteiger partial charge in [-0.1, -0.05) is 0 Å². The Bertz CT molecular complexity index is 661. The molecule has 3 rings (SSSR count). The lowest BCUT2D eigenvalue weighted by molar-refractivity contribution is 0.0976. The van der Waals surface area contributed by atoms with Crippen molar-refractivity contribution in [3.8, 4) is 0 Å². The van der Waals surface area contributed by atoms with Crippen molar-refractivity contribution in [3.63, 3.8) is 0 Å². The van der Waals surface area contributed by atoms with Gasteiger partial charge in [-0.3, -0.25) is 9.36 Å². The molecule has 0 atom stereocenters. The second kappa shape index (κ2) is 4.12. The number of carbonyl (C=O) groups is 1. The molecule has 1 aliphatic carbocycles. The quantitative estimate of drug-likeness (QED) is 0.778. The fourth-order valence-corrected chi connectivity index (χ4v) is 2.24. The fourth-order valence-electron chi connectivity index (χ4n) is 2.24. The molecule has 1 aliphatic rings. The molecule has 18 heavy (non-hydrogen) atoms. The van der Waals surface area contributed by atoms with Crippen molar-refractivity contribution in [3.05, 3.63) is 34.3 Å². The Kier molecular flexibility index (Phi) is 2.58. The molecule has 4 nitrogen and oxygen atoms in total. The summed E-state index contributed by atoms with van der Waals surface area (Å²) in [7, 11) is 0. The van der Waals surface area contributed by atoms with Crippen LogP contribution in [0.4, 0.5) is 0 Å². The van der Waals surface area contributed by atoms with Crippen LogP contribution < -0.4 is 5.76 Å². The van der Waals surface area contributed by atoms with Gasteiger partial charge in [-0.25, -0.2) is 4.79 Å². The first-order valence-electron chi connectivity index (χ1n) is 6.35. The van der Waals surface area contributed by atoms with E-state index in [0.717, 1.165) is 18.4 Å². The number of Topliss-reactive ketones (excluding diaryl/α,β-unsaturated/α-hetero) is 1. The second-order valence-corrected chi connectivity index (χ2v) is 4.87. The van der Waals surface area contributed by atoms with Gasteiger partial charge in [-0.2, -0.15) is 0 Å². The summed E-state index contributed by atoms with van der Waals surface area (Å²) in [5.41, 5.74) is 1.90. The van der Waals surface area contributed by atoms with Crippen LogP contribution in [0.15, 0.2) is 27.4 Å². The highest BCUT2D eigenvalue weighted by atomic mass is 16.4. The van der Waals surface area contributed by atoms with Gasteiger partial charge in [0.15, 0.2) is 11.4 Å². The van der Waals surface area contributed by atoms with E-state index in [1.54, 1.807) is 22.8 Å². The number of aromatic nitrogens is 1. The molecule has 2 aromatic rings. The smallest absolute Gasteiger partial charge is 0.408 e. The number of rotatable bonds is 4. The Labute approximate surface area is 104 Å². The van der Waals surface area contributed by atoms with Crippen LogP contribution in [0.2, 0.25) is 0 Å². The number of oxazole rings is 1. The van der Waals surface area contributed by atoms with Gasteiger partial charge in [0.2, 0.25) is 0 Å². The number of carbonyl (C=O) groups excluding carboxylic acids is 1. The summed E-state index contributed by atoms with van der Waals surface area (Å²) < 4.78 is 6.72. The van der Waals surface area contributed by atoms with E-state index < -0.39 is 0 Å². The van der Waals surface area contributed by atoms with Gasteiger partial charge in [-0.05, 0) is 43.9 Å². The Hall–Kier alpha value is -1.84. The van der Waals surface area contributed by atoms with E-state index in [1.165, 1.54) is 0 Å². The lowest BCUT2D eigenvalue weighted by atomic mass is 10.1. The lowest BCUT2D eigenvalue weighted by Gasteiger charge is -2.00. The Morgan fingerprint density at radius 3 is 2.89 bits per heavy atom. The summed E-state index contributed by atoms with van der Waals surface area (Å²) in [6.07, 6.45) is 2.94. The maximum Gasteiger partial charge on any atom is 0.419 e.